The van der Waals surface area contributed by atoms with E-state index >= 15 is 0 Å². The van der Waals surface area contributed by atoms with Gasteiger partial charge in [-0.1, -0.05) is 21.1 Å². The van der Waals surface area contributed by atoms with E-state index in [4.69, 9.17) is 15.7 Å². The van der Waals surface area contributed by atoms with Crippen LogP contribution in [0, 0.1) is 13.8 Å². The predicted molar refractivity (Wildman–Crippen MR) is 78.2 cm³/mol. The maximum atomic E-state index is 8.54. The first kappa shape index (κ1) is 14.3. The molecule has 104 valence electrons. The van der Waals surface area contributed by atoms with Crippen LogP contribution in [0.15, 0.2) is 34.2 Å². The summed E-state index contributed by atoms with van der Waals surface area (Å²) in [5, 5.41) is 11.4. The van der Waals surface area contributed by atoms with Crippen LogP contribution in [0.5, 0.6) is 11.6 Å². The number of aromatic nitrogens is 2. The first-order chi connectivity index (χ1) is 9.51. The quantitative estimate of drug-likeness (QED) is 0.389. The second-order valence-corrected chi connectivity index (χ2v) is 4.99. The topological polar surface area (TPSA) is 93.6 Å². The van der Waals surface area contributed by atoms with Crippen molar-refractivity contribution in [1.29, 1.82) is 0 Å². The Kier molecular flexibility index (Phi) is 4.19. The van der Waals surface area contributed by atoms with E-state index < -0.39 is 0 Å². The second kappa shape index (κ2) is 5.87. The molecule has 20 heavy (non-hydrogen) atoms. The Bertz CT molecular complexity index is 633. The molecular weight excluding hydrogens is 324 g/mol. The molecule has 0 bridgehead atoms. The molecule has 1 aromatic heterocycles. The lowest BCUT2D eigenvalue weighted by Gasteiger charge is -2.09. The molecule has 0 aliphatic rings. The zero-order chi connectivity index (χ0) is 14.7. The first-order valence-electron chi connectivity index (χ1n) is 5.76. The zero-order valence-corrected chi connectivity index (χ0v) is 12.5. The van der Waals surface area contributed by atoms with Gasteiger partial charge in [0.1, 0.15) is 11.4 Å². The van der Waals surface area contributed by atoms with E-state index in [9.17, 15) is 0 Å². The Hall–Kier alpha value is -2.15. The molecule has 3 N–H and O–H groups in total. The lowest BCUT2D eigenvalue weighted by Crippen LogP contribution is -2.15. The molecule has 2 rings (SSSR count). The Morgan fingerprint density at radius 1 is 1.25 bits per heavy atom. The molecule has 0 radical (unpaired) electrons. The molecule has 0 unspecified atom stereocenters. The number of amidine groups is 1. The summed E-state index contributed by atoms with van der Waals surface area (Å²) in [5.41, 5.74) is 7.83. The van der Waals surface area contributed by atoms with Gasteiger partial charge in [-0.2, -0.15) is 0 Å². The highest BCUT2D eigenvalue weighted by atomic mass is 79.9. The highest BCUT2D eigenvalue weighted by Gasteiger charge is 2.07. The Morgan fingerprint density at radius 2 is 1.90 bits per heavy atom. The number of rotatable bonds is 3. The number of hydrogen-bond donors (Lipinski definition) is 2. The lowest BCUT2D eigenvalue weighted by molar-refractivity contribution is 0.318. The van der Waals surface area contributed by atoms with Gasteiger partial charge >= 0.3 is 0 Å². The summed E-state index contributed by atoms with van der Waals surface area (Å²) < 4.78 is 6.68. The molecule has 0 saturated carbocycles. The van der Waals surface area contributed by atoms with E-state index in [1.807, 2.05) is 26.0 Å². The van der Waals surface area contributed by atoms with Crippen molar-refractivity contribution in [3.8, 4) is 11.6 Å². The number of nitrogens with zero attached hydrogens (tertiary/aromatic N) is 3. The number of aryl methyl sites for hydroxylation is 2. The van der Waals surface area contributed by atoms with Crippen molar-refractivity contribution in [2.45, 2.75) is 13.8 Å². The smallest absolute Gasteiger partial charge is 0.237 e. The molecule has 2 aromatic rings. The van der Waals surface area contributed by atoms with Gasteiger partial charge in [0.25, 0.3) is 0 Å². The van der Waals surface area contributed by atoms with Gasteiger partial charge in [-0.05, 0) is 37.1 Å². The van der Waals surface area contributed by atoms with Crippen molar-refractivity contribution in [1.82, 2.24) is 9.97 Å². The van der Waals surface area contributed by atoms with E-state index in [0.29, 0.717) is 11.6 Å². The first-order valence-corrected chi connectivity index (χ1v) is 6.55. The fraction of sp³-hybridized carbons (Fsp3) is 0.154. The van der Waals surface area contributed by atoms with Gasteiger partial charge in [0.15, 0.2) is 5.84 Å². The highest BCUT2D eigenvalue weighted by Crippen LogP contribution is 2.28. The largest absolute Gasteiger partial charge is 0.437 e. The van der Waals surface area contributed by atoms with Crippen LogP contribution in [0.25, 0.3) is 0 Å². The Labute approximate surface area is 124 Å². The molecule has 0 atom stereocenters. The molecule has 6 nitrogen and oxygen atoms in total. The third-order valence-corrected chi connectivity index (χ3v) is 3.88. The van der Waals surface area contributed by atoms with Gasteiger partial charge in [-0.25, -0.2) is 9.97 Å². The summed E-state index contributed by atoms with van der Waals surface area (Å²) in [6.45, 7) is 3.97. The van der Waals surface area contributed by atoms with E-state index in [0.717, 1.165) is 15.6 Å². The predicted octanol–water partition coefficient (Wildman–Crippen LogP) is 2.74. The minimum Gasteiger partial charge on any atom is -0.437 e. The molecule has 0 aliphatic carbocycles. The number of halogens is 1. The fourth-order valence-electron chi connectivity index (χ4n) is 1.64. The van der Waals surface area contributed by atoms with Crippen LogP contribution in [-0.2, 0) is 0 Å². The third-order valence-electron chi connectivity index (χ3n) is 2.63. The van der Waals surface area contributed by atoms with Gasteiger partial charge in [0.05, 0.1) is 12.4 Å². The van der Waals surface area contributed by atoms with Crippen LogP contribution >= 0.6 is 15.9 Å². The summed E-state index contributed by atoms with van der Waals surface area (Å²) in [5.74, 6) is 0.911. The van der Waals surface area contributed by atoms with Crippen LogP contribution in [0.2, 0.25) is 0 Å². The van der Waals surface area contributed by atoms with Crippen LogP contribution in [0.1, 0.15) is 16.8 Å². The van der Waals surface area contributed by atoms with E-state index in [-0.39, 0.29) is 11.5 Å². The third kappa shape index (κ3) is 3.05. The highest BCUT2D eigenvalue weighted by molar-refractivity contribution is 9.10. The second-order valence-electron chi connectivity index (χ2n) is 4.20. The van der Waals surface area contributed by atoms with Crippen molar-refractivity contribution in [3.63, 3.8) is 0 Å². The van der Waals surface area contributed by atoms with E-state index in [2.05, 4.69) is 31.1 Å². The zero-order valence-electron chi connectivity index (χ0n) is 11.0. The van der Waals surface area contributed by atoms with E-state index in [1.165, 1.54) is 12.4 Å². The maximum absolute atomic E-state index is 8.54. The molecule has 0 aliphatic heterocycles. The summed E-state index contributed by atoms with van der Waals surface area (Å²) in [6.07, 6.45) is 2.79. The van der Waals surface area contributed by atoms with Gasteiger partial charge in [-0.3, -0.25) is 0 Å². The van der Waals surface area contributed by atoms with Crippen molar-refractivity contribution in [2.24, 2.45) is 10.9 Å². The van der Waals surface area contributed by atoms with Gasteiger partial charge in [0.2, 0.25) is 5.88 Å². The number of ether oxygens (including phenoxy) is 1. The number of oxime groups is 1. The van der Waals surface area contributed by atoms with Crippen LogP contribution < -0.4 is 10.5 Å². The molecule has 0 spiro atoms. The van der Waals surface area contributed by atoms with Gasteiger partial charge in [0, 0.05) is 4.47 Å². The number of nitrogens with two attached hydrogens (primary N) is 1. The van der Waals surface area contributed by atoms with Crippen molar-refractivity contribution in [2.75, 3.05) is 0 Å². The van der Waals surface area contributed by atoms with E-state index in [1.54, 1.807) is 0 Å². The van der Waals surface area contributed by atoms with Crippen molar-refractivity contribution in [3.05, 3.63) is 45.8 Å². The summed E-state index contributed by atoms with van der Waals surface area (Å²) >= 11 is 3.50. The van der Waals surface area contributed by atoms with Crippen LogP contribution in [0.4, 0.5) is 0 Å². The number of hydrogen-bond acceptors (Lipinski definition) is 5. The molecule has 1 heterocycles. The molecule has 7 heteroatoms. The van der Waals surface area contributed by atoms with Crippen molar-refractivity contribution >= 4 is 21.8 Å². The average Bonchev–Trinajstić information content (AvgIpc) is 2.44. The normalized spacial score (nSPS) is 11.4. The average molecular weight is 337 g/mol. The summed E-state index contributed by atoms with van der Waals surface area (Å²) in [4.78, 5) is 8.05. The summed E-state index contributed by atoms with van der Waals surface area (Å²) in [6, 6.07) is 3.80. The molecular formula is C13H13BrN4O2. The summed E-state index contributed by atoms with van der Waals surface area (Å²) in [7, 11) is 0. The minimum absolute atomic E-state index is 0.0978. The molecule has 0 saturated heterocycles. The van der Waals surface area contributed by atoms with Crippen molar-refractivity contribution < 1.29 is 9.94 Å². The van der Waals surface area contributed by atoms with Gasteiger partial charge in [-0.15, -0.1) is 0 Å². The monoisotopic (exact) mass is 336 g/mol. The SMILES string of the molecule is Cc1cc(Oc2cnc(/C(N)=N/O)cn2)cc(C)c1Br. The molecule has 0 fully saturated rings. The van der Waals surface area contributed by atoms with Gasteiger partial charge < -0.3 is 15.7 Å². The number of benzene rings is 1. The Balaban J connectivity index is 2.22. The Morgan fingerprint density at radius 3 is 2.40 bits per heavy atom. The fourth-order valence-corrected chi connectivity index (χ4v) is 1.87. The lowest BCUT2D eigenvalue weighted by atomic mass is 10.1. The van der Waals surface area contributed by atoms with Crippen LogP contribution in [0.3, 0.4) is 0 Å². The van der Waals surface area contributed by atoms with Crippen LogP contribution in [-0.4, -0.2) is 21.0 Å². The molecule has 1 aromatic carbocycles. The minimum atomic E-state index is -0.0978. The molecule has 0 amide bonds. The standard InChI is InChI=1S/C13H13BrN4O2/c1-7-3-9(4-8(2)12(7)14)20-11-6-16-10(5-17-11)13(15)18-19/h3-6,19H,1-2H3,(H2,15,18). The maximum Gasteiger partial charge on any atom is 0.237 e.